The van der Waals surface area contributed by atoms with Crippen molar-refractivity contribution in [2.45, 2.75) is 20.1 Å². The molecular weight excluding hydrogens is 399 g/mol. The molecule has 0 aliphatic rings. The quantitative estimate of drug-likeness (QED) is 0.394. The van der Waals surface area contributed by atoms with Crippen molar-refractivity contribution in [2.24, 2.45) is 0 Å². The maximum absolute atomic E-state index is 11.5. The monoisotopic (exact) mass is 421 g/mol. The van der Waals surface area contributed by atoms with Crippen molar-refractivity contribution in [3.05, 3.63) is 54.0 Å². The molecule has 3 aromatic rings. The summed E-state index contributed by atoms with van der Waals surface area (Å²) in [5, 5.41) is 4.08. The van der Waals surface area contributed by atoms with Crippen molar-refractivity contribution in [1.29, 1.82) is 0 Å². The first-order valence-electron chi connectivity index (χ1n) is 8.76. The summed E-state index contributed by atoms with van der Waals surface area (Å²) in [5.74, 6) is 1.32. The number of hydrogen-bond acceptors (Lipinski definition) is 8. The third-order valence-electron chi connectivity index (χ3n) is 4.00. The lowest BCUT2D eigenvalue weighted by Crippen LogP contribution is -2.38. The lowest BCUT2D eigenvalue weighted by atomic mass is 10.1. The van der Waals surface area contributed by atoms with Gasteiger partial charge in [0, 0.05) is 31.9 Å². The molecule has 3 aromatic heterocycles. The van der Waals surface area contributed by atoms with Crippen LogP contribution < -0.4 is 15.0 Å². The van der Waals surface area contributed by atoms with Crippen molar-refractivity contribution >= 4 is 13.6 Å². The Labute approximate surface area is 167 Å². The van der Waals surface area contributed by atoms with Crippen molar-refractivity contribution < 1.29 is 32.3 Å². The molecule has 0 aliphatic heterocycles. The Hall–Kier alpha value is -2.78. The highest BCUT2D eigenvalue weighted by atomic mass is 31.2. The number of pyridine rings is 2. The average Bonchev–Trinajstić information content (AvgIpc) is 3.17. The number of aromatic nitrogens is 3. The zero-order chi connectivity index (χ0) is 20.9. The van der Waals surface area contributed by atoms with Crippen LogP contribution in [0.25, 0.3) is 11.3 Å². The Morgan fingerprint density at radius 2 is 2.17 bits per heavy atom. The largest absolute Gasteiger partial charge is 0.478 e. The van der Waals surface area contributed by atoms with E-state index in [0.29, 0.717) is 35.9 Å². The molecule has 3 rings (SSSR count). The molecular formula is C18H22N4O6P+. The Morgan fingerprint density at radius 1 is 1.34 bits per heavy atom. The summed E-state index contributed by atoms with van der Waals surface area (Å²) in [7, 11) is -3.03. The van der Waals surface area contributed by atoms with E-state index in [0.717, 1.165) is 12.7 Å². The average molecular weight is 421 g/mol. The molecule has 29 heavy (non-hydrogen) atoms. The van der Waals surface area contributed by atoms with Crippen LogP contribution in [0.5, 0.6) is 5.88 Å². The highest BCUT2D eigenvalue weighted by Crippen LogP contribution is 2.41. The molecule has 1 atom stereocenters. The fraction of sp³-hybridized carbons (Fsp3) is 0.278. The van der Waals surface area contributed by atoms with E-state index in [1.807, 2.05) is 13.0 Å². The second-order valence-corrected chi connectivity index (χ2v) is 7.54. The molecule has 0 bridgehead atoms. The zero-order valence-corrected chi connectivity index (χ0v) is 16.9. The first-order valence-corrected chi connectivity index (χ1v) is 10.3. The second kappa shape index (κ2) is 9.15. The van der Waals surface area contributed by atoms with Crippen LogP contribution in [0.1, 0.15) is 18.2 Å². The van der Waals surface area contributed by atoms with Gasteiger partial charge in [-0.15, -0.1) is 0 Å². The molecule has 0 aromatic carbocycles. The number of ether oxygens (including phenoxy) is 1. The minimum absolute atomic E-state index is 0.264. The molecule has 0 radical (unpaired) electrons. The molecule has 154 valence electrons. The predicted octanol–water partition coefficient (Wildman–Crippen LogP) is 2.32. The lowest BCUT2D eigenvalue weighted by Gasteiger charge is -2.09. The summed E-state index contributed by atoms with van der Waals surface area (Å²) in [6.07, 6.45) is 3.86. The molecule has 3 heterocycles. The van der Waals surface area contributed by atoms with Crippen LogP contribution in [0, 0.1) is 0 Å². The van der Waals surface area contributed by atoms with Gasteiger partial charge in [-0.05, 0) is 24.6 Å². The first kappa shape index (κ1) is 20.9. The Balaban J connectivity index is 1.74. The summed E-state index contributed by atoms with van der Waals surface area (Å²) in [6.45, 7) is 2.20. The van der Waals surface area contributed by atoms with Crippen molar-refractivity contribution in [1.82, 2.24) is 10.1 Å². The van der Waals surface area contributed by atoms with Gasteiger partial charge in [0.05, 0.1) is 18.5 Å². The van der Waals surface area contributed by atoms with Crippen molar-refractivity contribution in [3.63, 3.8) is 0 Å². The maximum Gasteiger partial charge on any atom is 0.475 e. The van der Waals surface area contributed by atoms with E-state index >= 15 is 0 Å². The van der Waals surface area contributed by atoms with Crippen molar-refractivity contribution in [3.8, 4) is 17.2 Å². The third kappa shape index (κ3) is 5.39. The highest BCUT2D eigenvalue weighted by molar-refractivity contribution is 7.47. The van der Waals surface area contributed by atoms with Crippen LogP contribution in [-0.4, -0.2) is 28.8 Å². The summed E-state index contributed by atoms with van der Waals surface area (Å²) < 4.78 is 32.9. The van der Waals surface area contributed by atoms with Crippen LogP contribution in [0.2, 0.25) is 0 Å². The first-order chi connectivity index (χ1) is 13.9. The van der Waals surface area contributed by atoms with Gasteiger partial charge in [-0.25, -0.2) is 18.6 Å². The Bertz CT molecular complexity index is 1010. The van der Waals surface area contributed by atoms with E-state index in [9.17, 15) is 9.46 Å². The van der Waals surface area contributed by atoms with Crippen LogP contribution in [0.3, 0.4) is 0 Å². The number of phosphoric ester groups is 1. The number of nitrogens with two attached hydrogens (primary N) is 1. The summed E-state index contributed by atoms with van der Waals surface area (Å²) >= 11 is 0. The predicted molar refractivity (Wildman–Crippen MR) is 103 cm³/mol. The standard InChI is InChI=1S/C18H21N4O6P/c1-3-26-17-7-6-13(11-20-17)9-14-10-16(28-21-14)15-5-4-8-22(18(15)19)12-27-29(23,24)25-2/h4-8,10-11,19H,3,9,12H2,1-2H3,(H,23,24)/p+1. The van der Waals surface area contributed by atoms with Crippen molar-refractivity contribution in [2.75, 3.05) is 19.5 Å². The number of anilines is 1. The van der Waals surface area contributed by atoms with Crippen LogP contribution in [0.15, 0.2) is 47.2 Å². The van der Waals surface area contributed by atoms with E-state index in [-0.39, 0.29) is 12.5 Å². The van der Waals surface area contributed by atoms with Crippen LogP contribution >= 0.6 is 7.82 Å². The van der Waals surface area contributed by atoms with E-state index in [4.69, 9.17) is 19.5 Å². The van der Waals surface area contributed by atoms with Gasteiger partial charge in [-0.1, -0.05) is 11.2 Å². The van der Waals surface area contributed by atoms with Gasteiger partial charge in [-0.2, -0.15) is 0 Å². The normalized spacial score (nSPS) is 13.2. The Kier molecular flexibility index (Phi) is 6.60. The molecule has 0 saturated carbocycles. The molecule has 0 fully saturated rings. The van der Waals surface area contributed by atoms with Gasteiger partial charge >= 0.3 is 7.82 Å². The summed E-state index contributed by atoms with van der Waals surface area (Å²) in [6, 6.07) is 8.96. The fourth-order valence-electron chi connectivity index (χ4n) is 2.55. The van der Waals surface area contributed by atoms with Gasteiger partial charge in [0.15, 0.2) is 5.76 Å². The SMILES string of the molecule is CCOc1ccc(Cc2cc(-c3ccc[n+](COP(=O)(O)OC)c3N)on2)cn1. The molecule has 0 amide bonds. The smallest absolute Gasteiger partial charge is 0.475 e. The molecule has 11 heteroatoms. The van der Waals surface area contributed by atoms with Gasteiger partial charge in [0.2, 0.25) is 12.6 Å². The minimum Gasteiger partial charge on any atom is -0.478 e. The van der Waals surface area contributed by atoms with Gasteiger partial charge in [0.25, 0.3) is 5.82 Å². The molecule has 10 nitrogen and oxygen atoms in total. The van der Waals surface area contributed by atoms with Crippen LogP contribution in [-0.2, 0) is 26.8 Å². The van der Waals surface area contributed by atoms with Gasteiger partial charge in [0.1, 0.15) is 5.56 Å². The van der Waals surface area contributed by atoms with Gasteiger partial charge in [-0.3, -0.25) is 10.3 Å². The molecule has 0 spiro atoms. The van der Waals surface area contributed by atoms with E-state index in [1.54, 1.807) is 36.7 Å². The zero-order valence-electron chi connectivity index (χ0n) is 16.0. The van der Waals surface area contributed by atoms with E-state index < -0.39 is 7.82 Å². The Morgan fingerprint density at radius 3 is 2.86 bits per heavy atom. The minimum atomic E-state index is -4.12. The molecule has 3 N–H and O–H groups in total. The summed E-state index contributed by atoms with van der Waals surface area (Å²) in [5.41, 5.74) is 8.39. The second-order valence-electron chi connectivity index (χ2n) is 5.98. The number of phosphoric acid groups is 1. The molecule has 0 aliphatic carbocycles. The maximum atomic E-state index is 11.5. The fourth-order valence-corrected chi connectivity index (χ4v) is 2.93. The lowest BCUT2D eigenvalue weighted by molar-refractivity contribution is -0.711. The number of rotatable bonds is 9. The highest BCUT2D eigenvalue weighted by Gasteiger charge is 2.22. The molecule has 0 saturated heterocycles. The third-order valence-corrected chi connectivity index (χ3v) is 4.91. The van der Waals surface area contributed by atoms with Crippen LogP contribution in [0.4, 0.5) is 5.82 Å². The topological polar surface area (TPSA) is 134 Å². The molecule has 1 unspecified atom stereocenters. The number of nitrogen functional groups attached to an aromatic ring is 1. The summed E-state index contributed by atoms with van der Waals surface area (Å²) in [4.78, 5) is 13.6. The van der Waals surface area contributed by atoms with E-state index in [2.05, 4.69) is 14.7 Å². The number of hydrogen-bond donors (Lipinski definition) is 2. The number of nitrogens with zero attached hydrogens (tertiary/aromatic N) is 3. The van der Waals surface area contributed by atoms with Gasteiger partial charge < -0.3 is 14.2 Å². The van der Waals surface area contributed by atoms with E-state index in [1.165, 1.54) is 4.57 Å².